The summed E-state index contributed by atoms with van der Waals surface area (Å²) < 4.78 is 0. The summed E-state index contributed by atoms with van der Waals surface area (Å²) in [5, 5.41) is 0. The van der Waals surface area contributed by atoms with Crippen molar-refractivity contribution in [3.63, 3.8) is 0 Å². The molecule has 0 saturated carbocycles. The zero-order valence-electron chi connectivity index (χ0n) is 19.5. The van der Waals surface area contributed by atoms with Gasteiger partial charge in [0.05, 0.1) is 0 Å². The van der Waals surface area contributed by atoms with E-state index in [2.05, 4.69) is 119 Å². The van der Waals surface area contributed by atoms with E-state index in [0.717, 1.165) is 0 Å². The van der Waals surface area contributed by atoms with Crippen molar-refractivity contribution in [3.05, 3.63) is 70.3 Å². The molecule has 0 spiro atoms. The summed E-state index contributed by atoms with van der Waals surface area (Å²) in [5.74, 6) is 0. The summed E-state index contributed by atoms with van der Waals surface area (Å²) in [7, 11) is 0. The van der Waals surface area contributed by atoms with Crippen LogP contribution in [0.3, 0.4) is 0 Å². The van der Waals surface area contributed by atoms with Gasteiger partial charge in [-0.1, -0.05) is 119 Å². The predicted octanol–water partition coefficient (Wildman–Crippen LogP) is 7.91. The minimum Gasteiger partial charge on any atom is -0.0582 e. The number of rotatable bonds is 2. The van der Waals surface area contributed by atoms with Gasteiger partial charge in [0.25, 0.3) is 0 Å². The summed E-state index contributed by atoms with van der Waals surface area (Å²) in [6, 6.07) is 16.5. The van der Waals surface area contributed by atoms with Gasteiger partial charge in [-0.3, -0.25) is 0 Å². The lowest BCUT2D eigenvalue weighted by atomic mass is 9.72. The van der Waals surface area contributed by atoms with E-state index in [1.54, 1.807) is 0 Å². The fourth-order valence-corrected chi connectivity index (χ4v) is 3.41. The summed E-state index contributed by atoms with van der Waals surface area (Å²) in [5.41, 5.74) is 7.45. The Hall–Kier alpha value is -1.56. The second kappa shape index (κ2) is 6.80. The third-order valence-electron chi connectivity index (χ3n) is 5.86. The molecule has 27 heavy (non-hydrogen) atoms. The maximum Gasteiger partial charge on any atom is 0.0146 e. The lowest BCUT2D eigenvalue weighted by Gasteiger charge is -2.32. The monoisotopic (exact) mass is 364 g/mol. The van der Waals surface area contributed by atoms with E-state index in [1.807, 2.05) is 0 Å². The minimum absolute atomic E-state index is 0.0301. The van der Waals surface area contributed by atoms with Crippen LogP contribution in [0.2, 0.25) is 0 Å². The fraction of sp³-hybridized carbons (Fsp3) is 0.556. The van der Waals surface area contributed by atoms with E-state index in [4.69, 9.17) is 0 Å². The highest BCUT2D eigenvalue weighted by molar-refractivity contribution is 5.45. The van der Waals surface area contributed by atoms with Gasteiger partial charge in [-0.2, -0.15) is 0 Å². The number of hydrogen-bond donors (Lipinski definition) is 0. The Kier molecular flexibility index (Phi) is 5.47. The van der Waals surface area contributed by atoms with Crippen LogP contribution in [0.25, 0.3) is 0 Å². The fourth-order valence-electron chi connectivity index (χ4n) is 3.41. The molecule has 0 saturated heterocycles. The Labute approximate surface area is 168 Å². The molecule has 0 radical (unpaired) electrons. The smallest absolute Gasteiger partial charge is 0.0146 e. The molecular weight excluding hydrogens is 324 g/mol. The maximum atomic E-state index is 2.42. The molecule has 0 nitrogen and oxygen atoms in total. The first-order valence-corrected chi connectivity index (χ1v) is 10.3. The Bertz CT molecular complexity index is 750. The molecular formula is C27H40. The molecule has 0 aliphatic rings. The van der Waals surface area contributed by atoms with Crippen molar-refractivity contribution < 1.29 is 0 Å². The van der Waals surface area contributed by atoms with Crippen LogP contribution in [0.4, 0.5) is 0 Å². The molecule has 0 unspecified atom stereocenters. The topological polar surface area (TPSA) is 0 Å². The third kappa shape index (κ3) is 4.84. The average Bonchev–Trinajstić information content (AvgIpc) is 2.52. The van der Waals surface area contributed by atoms with E-state index in [-0.39, 0.29) is 21.7 Å². The van der Waals surface area contributed by atoms with Crippen LogP contribution >= 0.6 is 0 Å². The Balaban J connectivity index is 2.60. The summed E-state index contributed by atoms with van der Waals surface area (Å²) in [6.45, 7) is 25.4. The van der Waals surface area contributed by atoms with Gasteiger partial charge >= 0.3 is 0 Å². The molecule has 0 N–H and O–H groups in total. The average molecular weight is 365 g/mol. The van der Waals surface area contributed by atoms with Crippen molar-refractivity contribution >= 4 is 0 Å². The van der Waals surface area contributed by atoms with Crippen molar-refractivity contribution in [3.8, 4) is 0 Å². The standard InChI is InChI=1S/C27H40/c1-24(2,3)19-12-14-20(15-13-19)27(10,11)23-17-21(25(4,5)6)16-22(18-23)26(7,8)9/h12-18H,1-11H3. The van der Waals surface area contributed by atoms with Crippen LogP contribution in [0, 0.1) is 0 Å². The molecule has 0 aliphatic carbocycles. The molecule has 2 rings (SSSR count). The molecule has 2 aromatic rings. The summed E-state index contributed by atoms with van der Waals surface area (Å²) in [4.78, 5) is 0. The SMILES string of the molecule is CC(C)(C)c1ccc(C(C)(C)c2cc(C(C)(C)C)cc(C(C)(C)C)c2)cc1. The van der Waals surface area contributed by atoms with Crippen LogP contribution in [0.5, 0.6) is 0 Å². The van der Waals surface area contributed by atoms with Crippen LogP contribution in [0.15, 0.2) is 42.5 Å². The van der Waals surface area contributed by atoms with Crippen molar-refractivity contribution in [2.75, 3.05) is 0 Å². The van der Waals surface area contributed by atoms with Crippen molar-refractivity contribution in [1.29, 1.82) is 0 Å². The second-order valence-electron chi connectivity index (χ2n) is 11.8. The Morgan fingerprint density at radius 1 is 0.370 bits per heavy atom. The van der Waals surface area contributed by atoms with E-state index in [1.165, 1.54) is 27.8 Å². The second-order valence-corrected chi connectivity index (χ2v) is 11.8. The first-order valence-electron chi connectivity index (χ1n) is 10.3. The van der Waals surface area contributed by atoms with E-state index in [9.17, 15) is 0 Å². The van der Waals surface area contributed by atoms with Crippen molar-refractivity contribution in [2.45, 2.75) is 97.8 Å². The molecule has 0 heteroatoms. The minimum atomic E-state index is -0.0301. The first-order chi connectivity index (χ1) is 12.0. The number of hydrogen-bond acceptors (Lipinski definition) is 0. The highest BCUT2D eigenvalue weighted by Crippen LogP contribution is 2.38. The van der Waals surface area contributed by atoms with Crippen molar-refractivity contribution in [1.82, 2.24) is 0 Å². The largest absolute Gasteiger partial charge is 0.0582 e. The highest BCUT2D eigenvalue weighted by Gasteiger charge is 2.28. The van der Waals surface area contributed by atoms with Crippen LogP contribution in [0.1, 0.15) is 104 Å². The van der Waals surface area contributed by atoms with Crippen LogP contribution in [-0.4, -0.2) is 0 Å². The third-order valence-corrected chi connectivity index (χ3v) is 5.86. The van der Waals surface area contributed by atoms with Gasteiger partial charge in [0.15, 0.2) is 0 Å². The molecule has 148 valence electrons. The Morgan fingerprint density at radius 3 is 1.00 bits per heavy atom. The highest BCUT2D eigenvalue weighted by atomic mass is 14.3. The number of benzene rings is 2. The van der Waals surface area contributed by atoms with Gasteiger partial charge in [-0.25, -0.2) is 0 Å². The van der Waals surface area contributed by atoms with Crippen LogP contribution < -0.4 is 0 Å². The molecule has 0 amide bonds. The van der Waals surface area contributed by atoms with Crippen LogP contribution in [-0.2, 0) is 21.7 Å². The normalized spacial score (nSPS) is 13.7. The van der Waals surface area contributed by atoms with Gasteiger partial charge < -0.3 is 0 Å². The Morgan fingerprint density at radius 2 is 0.667 bits per heavy atom. The van der Waals surface area contributed by atoms with Gasteiger partial charge in [0, 0.05) is 5.41 Å². The zero-order valence-corrected chi connectivity index (χ0v) is 19.5. The molecule has 0 bridgehead atoms. The summed E-state index contributed by atoms with van der Waals surface area (Å²) in [6.07, 6.45) is 0. The lowest BCUT2D eigenvalue weighted by Crippen LogP contribution is -2.24. The quantitative estimate of drug-likeness (QED) is 0.508. The molecule has 0 aliphatic heterocycles. The lowest BCUT2D eigenvalue weighted by molar-refractivity contribution is 0.557. The van der Waals surface area contributed by atoms with Gasteiger partial charge in [0.1, 0.15) is 0 Å². The van der Waals surface area contributed by atoms with Gasteiger partial charge in [-0.05, 0) is 44.1 Å². The predicted molar refractivity (Wildman–Crippen MR) is 121 cm³/mol. The van der Waals surface area contributed by atoms with Gasteiger partial charge in [0.2, 0.25) is 0 Å². The molecule has 0 atom stereocenters. The molecule has 2 aromatic carbocycles. The summed E-state index contributed by atoms with van der Waals surface area (Å²) >= 11 is 0. The molecule has 0 heterocycles. The maximum absolute atomic E-state index is 2.42. The van der Waals surface area contributed by atoms with Crippen molar-refractivity contribution in [2.24, 2.45) is 0 Å². The molecule has 0 aromatic heterocycles. The van der Waals surface area contributed by atoms with E-state index >= 15 is 0 Å². The van der Waals surface area contributed by atoms with E-state index < -0.39 is 0 Å². The first kappa shape index (κ1) is 21.7. The van der Waals surface area contributed by atoms with E-state index in [0.29, 0.717) is 0 Å². The zero-order chi connectivity index (χ0) is 20.8. The molecule has 0 fully saturated rings. The van der Waals surface area contributed by atoms with Gasteiger partial charge in [-0.15, -0.1) is 0 Å².